The summed E-state index contributed by atoms with van der Waals surface area (Å²) in [6.07, 6.45) is 6.55. The maximum absolute atomic E-state index is 12.6. The van der Waals surface area contributed by atoms with E-state index >= 15 is 0 Å². The molecule has 1 aliphatic carbocycles. The van der Waals surface area contributed by atoms with E-state index in [9.17, 15) is 8.42 Å². The van der Waals surface area contributed by atoms with Crippen molar-refractivity contribution in [3.8, 4) is 0 Å². The van der Waals surface area contributed by atoms with E-state index in [-0.39, 0.29) is 5.92 Å². The van der Waals surface area contributed by atoms with Crippen LogP contribution in [0.3, 0.4) is 0 Å². The van der Waals surface area contributed by atoms with Gasteiger partial charge < -0.3 is 0 Å². The van der Waals surface area contributed by atoms with Crippen LogP contribution >= 0.6 is 0 Å². The Bertz CT molecular complexity index is 795. The number of benzene rings is 2. The summed E-state index contributed by atoms with van der Waals surface area (Å²) in [4.78, 5) is 0.321. The van der Waals surface area contributed by atoms with Crippen LogP contribution in [0, 0.1) is 12.8 Å². The highest BCUT2D eigenvalue weighted by atomic mass is 32.2. The monoisotopic (exact) mass is 341 g/mol. The zero-order chi connectivity index (χ0) is 17.0. The van der Waals surface area contributed by atoms with Gasteiger partial charge in [-0.3, -0.25) is 0 Å². The summed E-state index contributed by atoms with van der Waals surface area (Å²) in [5.74, 6) is 0.540. The molecule has 0 fully saturated rings. The van der Waals surface area contributed by atoms with Crippen molar-refractivity contribution in [2.45, 2.75) is 30.6 Å². The standard InChI is InChI=1S/C20H23NO2S/c1-16-11-13-19(14-12-16)24(22,23)21-15-20(18-9-5-6-10-18)17-7-3-2-4-8-17/h2-5,7-9,11-14,18,20-21H,6,10,15H2,1H3/t18-,20+/m0/s1. The van der Waals surface area contributed by atoms with Gasteiger partial charge in [-0.25, -0.2) is 13.1 Å². The number of aryl methyl sites for hydroxylation is 1. The Balaban J connectivity index is 1.78. The van der Waals surface area contributed by atoms with Crippen molar-refractivity contribution >= 4 is 10.0 Å². The number of allylic oxidation sites excluding steroid dienone is 2. The number of rotatable bonds is 6. The highest BCUT2D eigenvalue weighted by Crippen LogP contribution is 2.32. The van der Waals surface area contributed by atoms with Gasteiger partial charge in [0.05, 0.1) is 4.90 Å². The second kappa shape index (κ2) is 7.32. The first kappa shape index (κ1) is 16.9. The van der Waals surface area contributed by atoms with E-state index in [1.807, 2.05) is 37.3 Å². The molecule has 4 heteroatoms. The second-order valence-corrected chi connectivity index (χ2v) is 8.12. The molecule has 0 spiro atoms. The van der Waals surface area contributed by atoms with Gasteiger partial charge in [0.1, 0.15) is 0 Å². The Morgan fingerprint density at radius 3 is 2.42 bits per heavy atom. The van der Waals surface area contributed by atoms with Crippen LogP contribution in [0.1, 0.15) is 29.9 Å². The average Bonchev–Trinajstić information content (AvgIpc) is 3.11. The third-order valence-electron chi connectivity index (χ3n) is 4.62. The normalized spacial score (nSPS) is 18.6. The molecule has 2 aromatic rings. The number of sulfonamides is 1. The van der Waals surface area contributed by atoms with Crippen LogP contribution in [0.2, 0.25) is 0 Å². The van der Waals surface area contributed by atoms with Gasteiger partial charge in [-0.1, -0.05) is 60.2 Å². The largest absolute Gasteiger partial charge is 0.240 e. The number of hydrogen-bond donors (Lipinski definition) is 1. The van der Waals surface area contributed by atoms with Gasteiger partial charge in [-0.05, 0) is 43.4 Å². The Labute approximate surface area is 144 Å². The summed E-state index contributed by atoms with van der Waals surface area (Å²) >= 11 is 0. The minimum absolute atomic E-state index is 0.158. The molecule has 3 rings (SSSR count). The fourth-order valence-corrected chi connectivity index (χ4v) is 4.27. The Hall–Kier alpha value is -1.91. The summed E-state index contributed by atoms with van der Waals surface area (Å²) < 4.78 is 27.9. The van der Waals surface area contributed by atoms with Crippen LogP contribution in [0.5, 0.6) is 0 Å². The second-order valence-electron chi connectivity index (χ2n) is 6.35. The summed E-state index contributed by atoms with van der Waals surface area (Å²) in [5, 5.41) is 0. The first-order chi connectivity index (χ1) is 11.6. The van der Waals surface area contributed by atoms with Crippen molar-refractivity contribution in [1.82, 2.24) is 4.72 Å². The molecule has 0 bridgehead atoms. The van der Waals surface area contributed by atoms with Crippen molar-refractivity contribution in [1.29, 1.82) is 0 Å². The lowest BCUT2D eigenvalue weighted by atomic mass is 9.86. The maximum atomic E-state index is 12.6. The van der Waals surface area contributed by atoms with Gasteiger partial charge >= 0.3 is 0 Å². The number of nitrogens with one attached hydrogen (secondary N) is 1. The lowest BCUT2D eigenvalue weighted by molar-refractivity contribution is 0.485. The topological polar surface area (TPSA) is 46.2 Å². The molecule has 126 valence electrons. The molecule has 3 nitrogen and oxygen atoms in total. The van der Waals surface area contributed by atoms with Gasteiger partial charge in [-0.15, -0.1) is 0 Å². The van der Waals surface area contributed by atoms with Gasteiger partial charge in [0.25, 0.3) is 0 Å². The first-order valence-electron chi connectivity index (χ1n) is 8.34. The highest BCUT2D eigenvalue weighted by Gasteiger charge is 2.25. The van der Waals surface area contributed by atoms with Crippen molar-refractivity contribution in [3.63, 3.8) is 0 Å². The van der Waals surface area contributed by atoms with E-state index in [0.29, 0.717) is 17.4 Å². The molecule has 24 heavy (non-hydrogen) atoms. The zero-order valence-electron chi connectivity index (χ0n) is 13.9. The molecule has 1 N–H and O–H groups in total. The van der Waals surface area contributed by atoms with E-state index in [1.165, 1.54) is 5.56 Å². The Kier molecular flexibility index (Phi) is 5.17. The van der Waals surface area contributed by atoms with E-state index in [0.717, 1.165) is 18.4 Å². The third-order valence-corrected chi connectivity index (χ3v) is 6.06. The summed E-state index contributed by atoms with van der Waals surface area (Å²) in [5.41, 5.74) is 2.23. The van der Waals surface area contributed by atoms with E-state index < -0.39 is 10.0 Å². The molecular formula is C20H23NO2S. The predicted octanol–water partition coefficient (Wildman–Crippen LogP) is 4.02. The van der Waals surface area contributed by atoms with Gasteiger partial charge in [0, 0.05) is 12.5 Å². The highest BCUT2D eigenvalue weighted by molar-refractivity contribution is 7.89. The minimum Gasteiger partial charge on any atom is -0.211 e. The predicted molar refractivity (Wildman–Crippen MR) is 97.4 cm³/mol. The molecular weight excluding hydrogens is 318 g/mol. The van der Waals surface area contributed by atoms with Crippen LogP contribution in [-0.4, -0.2) is 15.0 Å². The van der Waals surface area contributed by atoms with Crippen LogP contribution < -0.4 is 4.72 Å². The van der Waals surface area contributed by atoms with Crippen LogP contribution in [0.25, 0.3) is 0 Å². The molecule has 0 aliphatic heterocycles. The van der Waals surface area contributed by atoms with Crippen molar-refractivity contribution in [3.05, 3.63) is 77.9 Å². The van der Waals surface area contributed by atoms with E-state index in [2.05, 4.69) is 29.0 Å². The molecule has 2 atom stereocenters. The molecule has 1 aliphatic rings. The van der Waals surface area contributed by atoms with Crippen LogP contribution in [0.4, 0.5) is 0 Å². The van der Waals surface area contributed by atoms with Gasteiger partial charge in [-0.2, -0.15) is 0 Å². The Morgan fingerprint density at radius 2 is 1.79 bits per heavy atom. The van der Waals surface area contributed by atoms with Crippen LogP contribution in [-0.2, 0) is 10.0 Å². The molecule has 0 heterocycles. The molecule has 0 saturated heterocycles. The Morgan fingerprint density at radius 1 is 1.08 bits per heavy atom. The van der Waals surface area contributed by atoms with E-state index in [1.54, 1.807) is 12.1 Å². The van der Waals surface area contributed by atoms with Gasteiger partial charge in [0.15, 0.2) is 0 Å². The summed E-state index contributed by atoms with van der Waals surface area (Å²) in [7, 11) is -3.48. The van der Waals surface area contributed by atoms with E-state index in [4.69, 9.17) is 0 Å². The lowest BCUT2D eigenvalue weighted by Crippen LogP contribution is -2.31. The molecule has 0 amide bonds. The molecule has 0 aromatic heterocycles. The number of hydrogen-bond acceptors (Lipinski definition) is 2. The SMILES string of the molecule is Cc1ccc(S(=O)(=O)NC[C@H](c2ccccc2)[C@H]2C=CCC2)cc1. The minimum atomic E-state index is -3.48. The fourth-order valence-electron chi connectivity index (χ4n) is 3.21. The maximum Gasteiger partial charge on any atom is 0.240 e. The molecule has 0 unspecified atom stereocenters. The third kappa shape index (κ3) is 3.94. The lowest BCUT2D eigenvalue weighted by Gasteiger charge is -2.23. The van der Waals surface area contributed by atoms with Crippen molar-refractivity contribution in [2.24, 2.45) is 5.92 Å². The molecule has 0 saturated carbocycles. The smallest absolute Gasteiger partial charge is 0.211 e. The average molecular weight is 341 g/mol. The fraction of sp³-hybridized carbons (Fsp3) is 0.300. The molecule has 0 radical (unpaired) electrons. The van der Waals surface area contributed by atoms with Crippen molar-refractivity contribution in [2.75, 3.05) is 6.54 Å². The van der Waals surface area contributed by atoms with Gasteiger partial charge in [0.2, 0.25) is 10.0 Å². The first-order valence-corrected chi connectivity index (χ1v) is 9.82. The quantitative estimate of drug-likeness (QED) is 0.807. The molecule has 2 aromatic carbocycles. The summed E-state index contributed by atoms with van der Waals surface area (Å²) in [6.45, 7) is 2.36. The van der Waals surface area contributed by atoms with Crippen molar-refractivity contribution < 1.29 is 8.42 Å². The zero-order valence-corrected chi connectivity index (χ0v) is 14.7. The van der Waals surface area contributed by atoms with Crippen LogP contribution in [0.15, 0.2) is 71.6 Å². The summed E-state index contributed by atoms with van der Waals surface area (Å²) in [6, 6.07) is 17.1.